The first-order chi connectivity index (χ1) is 13.0. The molecular formula is C20H16F2N2O2S. The average Bonchev–Trinajstić information content (AvgIpc) is 3.08. The predicted octanol–water partition coefficient (Wildman–Crippen LogP) is 5.21. The summed E-state index contributed by atoms with van der Waals surface area (Å²) in [4.78, 5) is 17.1. The molecule has 1 heterocycles. The Morgan fingerprint density at radius 3 is 2.74 bits per heavy atom. The zero-order valence-electron chi connectivity index (χ0n) is 14.5. The van der Waals surface area contributed by atoms with Crippen LogP contribution in [0.25, 0.3) is 10.4 Å². The van der Waals surface area contributed by atoms with Crippen LogP contribution in [0.4, 0.5) is 13.9 Å². The molecule has 3 rings (SSSR count). The molecule has 3 aromatic rings. The first-order valence-electron chi connectivity index (χ1n) is 8.05. The van der Waals surface area contributed by atoms with Crippen LogP contribution in [0.1, 0.15) is 15.9 Å². The molecular weight excluding hydrogens is 370 g/mol. The minimum absolute atomic E-state index is 0.230. The van der Waals surface area contributed by atoms with Crippen molar-refractivity contribution in [1.82, 2.24) is 4.98 Å². The number of amides is 1. The number of nitrogens with zero attached hydrogens (tertiary/aromatic N) is 1. The van der Waals surface area contributed by atoms with Crippen LogP contribution in [0.2, 0.25) is 0 Å². The van der Waals surface area contributed by atoms with E-state index in [1.807, 2.05) is 25.1 Å². The molecule has 0 fully saturated rings. The minimum atomic E-state index is -0.928. The van der Waals surface area contributed by atoms with E-state index < -0.39 is 23.1 Å². The number of anilines is 1. The SMILES string of the molecule is C=CCOc1ccc(C)cc1-c1cnc(NC(=O)c2c(F)cccc2F)s1. The summed E-state index contributed by atoms with van der Waals surface area (Å²) < 4.78 is 33.2. The van der Waals surface area contributed by atoms with Crippen LogP contribution in [-0.2, 0) is 0 Å². The van der Waals surface area contributed by atoms with Crippen LogP contribution in [0.5, 0.6) is 5.75 Å². The number of benzene rings is 2. The van der Waals surface area contributed by atoms with E-state index in [2.05, 4.69) is 16.9 Å². The van der Waals surface area contributed by atoms with Crippen LogP contribution in [-0.4, -0.2) is 17.5 Å². The second-order valence-electron chi connectivity index (χ2n) is 5.68. The van der Waals surface area contributed by atoms with Gasteiger partial charge in [0.25, 0.3) is 5.91 Å². The third-order valence-electron chi connectivity index (χ3n) is 3.67. The van der Waals surface area contributed by atoms with Crippen LogP contribution in [0, 0.1) is 18.6 Å². The van der Waals surface area contributed by atoms with E-state index >= 15 is 0 Å². The van der Waals surface area contributed by atoms with E-state index in [0.29, 0.717) is 12.4 Å². The highest BCUT2D eigenvalue weighted by Gasteiger charge is 2.19. The van der Waals surface area contributed by atoms with Gasteiger partial charge in [-0.15, -0.1) is 0 Å². The van der Waals surface area contributed by atoms with Crippen LogP contribution >= 0.6 is 11.3 Å². The van der Waals surface area contributed by atoms with Crippen molar-refractivity contribution < 1.29 is 18.3 Å². The van der Waals surface area contributed by atoms with Crippen molar-refractivity contribution in [2.45, 2.75) is 6.92 Å². The van der Waals surface area contributed by atoms with E-state index in [9.17, 15) is 13.6 Å². The number of ether oxygens (including phenoxy) is 1. The molecule has 0 aliphatic heterocycles. The maximum atomic E-state index is 13.7. The number of hydrogen-bond donors (Lipinski definition) is 1. The lowest BCUT2D eigenvalue weighted by molar-refractivity contribution is 0.101. The summed E-state index contributed by atoms with van der Waals surface area (Å²) in [6, 6.07) is 8.97. The standard InChI is InChI=1S/C20H16F2N2O2S/c1-3-9-26-16-8-7-12(2)10-13(16)17-11-23-20(27-17)24-19(25)18-14(21)5-4-6-15(18)22/h3-8,10-11H,1,9H2,2H3,(H,23,24,25). The topological polar surface area (TPSA) is 51.2 Å². The van der Waals surface area contributed by atoms with Crippen molar-refractivity contribution in [3.8, 4) is 16.2 Å². The fourth-order valence-electron chi connectivity index (χ4n) is 2.44. The Labute approximate surface area is 159 Å². The molecule has 27 heavy (non-hydrogen) atoms. The van der Waals surface area contributed by atoms with Crippen LogP contribution in [0.3, 0.4) is 0 Å². The van der Waals surface area contributed by atoms with Crippen LogP contribution in [0.15, 0.2) is 55.3 Å². The lowest BCUT2D eigenvalue weighted by Crippen LogP contribution is -2.15. The third kappa shape index (κ3) is 4.20. The molecule has 0 bridgehead atoms. The fourth-order valence-corrected chi connectivity index (χ4v) is 3.27. The molecule has 0 saturated carbocycles. The Hall–Kier alpha value is -3.06. The molecule has 0 aliphatic carbocycles. The molecule has 1 N–H and O–H groups in total. The van der Waals surface area contributed by atoms with Gasteiger partial charge in [-0.25, -0.2) is 13.8 Å². The number of thiazole rings is 1. The maximum Gasteiger partial charge on any atom is 0.263 e. The Morgan fingerprint density at radius 1 is 1.30 bits per heavy atom. The zero-order chi connectivity index (χ0) is 19.4. The number of aryl methyl sites for hydroxylation is 1. The number of hydrogen-bond acceptors (Lipinski definition) is 4. The number of carbonyl (C=O) groups excluding carboxylic acids is 1. The molecule has 1 amide bonds. The molecule has 4 nitrogen and oxygen atoms in total. The normalized spacial score (nSPS) is 10.5. The molecule has 0 radical (unpaired) electrons. The summed E-state index contributed by atoms with van der Waals surface area (Å²) >= 11 is 1.18. The Kier molecular flexibility index (Phi) is 5.61. The van der Waals surface area contributed by atoms with Gasteiger partial charge in [0.05, 0.1) is 4.88 Å². The van der Waals surface area contributed by atoms with Crippen molar-refractivity contribution in [2.75, 3.05) is 11.9 Å². The van der Waals surface area contributed by atoms with E-state index in [4.69, 9.17) is 4.74 Å². The lowest BCUT2D eigenvalue weighted by Gasteiger charge is -2.09. The first-order valence-corrected chi connectivity index (χ1v) is 8.87. The Bertz CT molecular complexity index is 981. The molecule has 0 atom stereocenters. The van der Waals surface area contributed by atoms with Gasteiger partial charge in [-0.05, 0) is 31.2 Å². The highest BCUT2D eigenvalue weighted by Crippen LogP contribution is 2.36. The summed E-state index contributed by atoms with van der Waals surface area (Å²) in [5.41, 5.74) is 1.20. The largest absolute Gasteiger partial charge is 0.489 e. The number of nitrogens with one attached hydrogen (secondary N) is 1. The summed E-state index contributed by atoms with van der Waals surface area (Å²) in [6.07, 6.45) is 3.22. The Balaban J connectivity index is 1.86. The van der Waals surface area contributed by atoms with Crippen molar-refractivity contribution >= 4 is 22.4 Å². The molecule has 0 saturated heterocycles. The third-order valence-corrected chi connectivity index (χ3v) is 4.62. The lowest BCUT2D eigenvalue weighted by atomic mass is 10.1. The summed E-state index contributed by atoms with van der Waals surface area (Å²) in [5.74, 6) is -2.09. The van der Waals surface area contributed by atoms with Gasteiger partial charge in [0.1, 0.15) is 29.6 Å². The molecule has 7 heteroatoms. The van der Waals surface area contributed by atoms with E-state index in [0.717, 1.165) is 28.1 Å². The number of aromatic nitrogens is 1. The van der Waals surface area contributed by atoms with E-state index in [1.54, 1.807) is 12.3 Å². The molecule has 138 valence electrons. The van der Waals surface area contributed by atoms with Gasteiger partial charge in [-0.1, -0.05) is 41.7 Å². The van der Waals surface area contributed by atoms with E-state index in [1.165, 1.54) is 17.4 Å². The highest BCUT2D eigenvalue weighted by molar-refractivity contribution is 7.19. The fraction of sp³-hybridized carbons (Fsp3) is 0.100. The molecule has 0 unspecified atom stereocenters. The minimum Gasteiger partial charge on any atom is -0.489 e. The van der Waals surface area contributed by atoms with Crippen molar-refractivity contribution in [2.24, 2.45) is 0 Å². The van der Waals surface area contributed by atoms with Crippen molar-refractivity contribution in [3.63, 3.8) is 0 Å². The van der Waals surface area contributed by atoms with Crippen molar-refractivity contribution in [1.29, 1.82) is 0 Å². The average molecular weight is 386 g/mol. The van der Waals surface area contributed by atoms with Gasteiger partial charge in [-0.2, -0.15) is 0 Å². The second kappa shape index (κ2) is 8.09. The second-order valence-corrected chi connectivity index (χ2v) is 6.71. The quantitative estimate of drug-likeness (QED) is 0.592. The smallest absolute Gasteiger partial charge is 0.263 e. The van der Waals surface area contributed by atoms with Gasteiger partial charge in [0, 0.05) is 11.8 Å². The van der Waals surface area contributed by atoms with Gasteiger partial charge < -0.3 is 4.74 Å². The van der Waals surface area contributed by atoms with Gasteiger partial charge in [-0.3, -0.25) is 10.1 Å². The summed E-state index contributed by atoms with van der Waals surface area (Å²) in [6.45, 7) is 5.93. The van der Waals surface area contributed by atoms with Gasteiger partial charge in [0.15, 0.2) is 5.13 Å². The number of halogens is 2. The Morgan fingerprint density at radius 2 is 2.04 bits per heavy atom. The monoisotopic (exact) mass is 386 g/mol. The van der Waals surface area contributed by atoms with Gasteiger partial charge >= 0.3 is 0 Å². The van der Waals surface area contributed by atoms with E-state index in [-0.39, 0.29) is 5.13 Å². The zero-order valence-corrected chi connectivity index (χ0v) is 15.3. The molecule has 0 spiro atoms. The predicted molar refractivity (Wildman–Crippen MR) is 102 cm³/mol. The van der Waals surface area contributed by atoms with Crippen molar-refractivity contribution in [3.05, 3.63) is 78.0 Å². The summed E-state index contributed by atoms with van der Waals surface area (Å²) in [5, 5.41) is 2.67. The molecule has 1 aromatic heterocycles. The number of rotatable bonds is 6. The molecule has 2 aromatic carbocycles. The van der Waals surface area contributed by atoms with Gasteiger partial charge in [0.2, 0.25) is 0 Å². The molecule has 0 aliphatic rings. The first kappa shape index (κ1) is 18.7. The summed E-state index contributed by atoms with van der Waals surface area (Å²) in [7, 11) is 0. The maximum absolute atomic E-state index is 13.7. The highest BCUT2D eigenvalue weighted by atomic mass is 32.1. The number of carbonyl (C=O) groups is 1. The van der Waals surface area contributed by atoms with Crippen LogP contribution < -0.4 is 10.1 Å².